The van der Waals surface area contributed by atoms with Crippen molar-refractivity contribution in [1.29, 1.82) is 0 Å². The summed E-state index contributed by atoms with van der Waals surface area (Å²) >= 11 is 0. The highest BCUT2D eigenvalue weighted by Crippen LogP contribution is 2.18. The summed E-state index contributed by atoms with van der Waals surface area (Å²) in [7, 11) is 0. The van der Waals surface area contributed by atoms with E-state index in [1.165, 1.54) is 0 Å². The van der Waals surface area contributed by atoms with Gasteiger partial charge in [-0.25, -0.2) is 0 Å². The molecule has 1 aromatic carbocycles. The standard InChI is InChI=1S/C16H25NO3/c1-12-6-7-14(3)15(9-12)20-11-16(19)17-8-4-5-13(2)10-18/h6-7,9,13,18H,4-5,8,10-11H2,1-3H3,(H,17,19). The Balaban J connectivity index is 2.24. The van der Waals surface area contributed by atoms with Gasteiger partial charge in [0.1, 0.15) is 5.75 Å². The third-order valence-electron chi connectivity index (χ3n) is 3.21. The molecule has 0 bridgehead atoms. The lowest BCUT2D eigenvalue weighted by Crippen LogP contribution is -2.30. The maximum Gasteiger partial charge on any atom is 0.257 e. The molecule has 20 heavy (non-hydrogen) atoms. The quantitative estimate of drug-likeness (QED) is 0.717. The van der Waals surface area contributed by atoms with E-state index in [1.807, 2.05) is 39.0 Å². The highest BCUT2D eigenvalue weighted by Gasteiger charge is 2.05. The van der Waals surface area contributed by atoms with Gasteiger partial charge in [0.05, 0.1) is 0 Å². The van der Waals surface area contributed by atoms with Crippen molar-refractivity contribution in [1.82, 2.24) is 5.32 Å². The Morgan fingerprint density at radius 1 is 1.40 bits per heavy atom. The van der Waals surface area contributed by atoms with Crippen LogP contribution in [0.4, 0.5) is 0 Å². The van der Waals surface area contributed by atoms with Crippen LogP contribution in [0.25, 0.3) is 0 Å². The van der Waals surface area contributed by atoms with Gasteiger partial charge in [0.2, 0.25) is 0 Å². The number of hydrogen-bond acceptors (Lipinski definition) is 3. The minimum Gasteiger partial charge on any atom is -0.483 e. The van der Waals surface area contributed by atoms with Gasteiger partial charge < -0.3 is 15.2 Å². The number of carbonyl (C=O) groups excluding carboxylic acids is 1. The molecule has 1 aromatic rings. The van der Waals surface area contributed by atoms with E-state index in [-0.39, 0.29) is 25.0 Å². The molecule has 0 heterocycles. The summed E-state index contributed by atoms with van der Waals surface area (Å²) in [5, 5.41) is 11.7. The van der Waals surface area contributed by atoms with Crippen LogP contribution in [0.5, 0.6) is 5.75 Å². The molecule has 0 aliphatic carbocycles. The number of rotatable bonds is 8. The van der Waals surface area contributed by atoms with E-state index in [9.17, 15) is 4.79 Å². The topological polar surface area (TPSA) is 58.6 Å². The van der Waals surface area contributed by atoms with Gasteiger partial charge in [0.15, 0.2) is 6.61 Å². The lowest BCUT2D eigenvalue weighted by molar-refractivity contribution is -0.123. The van der Waals surface area contributed by atoms with Crippen molar-refractivity contribution in [3.8, 4) is 5.75 Å². The second-order valence-corrected chi connectivity index (χ2v) is 5.34. The summed E-state index contributed by atoms with van der Waals surface area (Å²) in [5.74, 6) is 0.940. The molecule has 4 heteroatoms. The monoisotopic (exact) mass is 279 g/mol. The SMILES string of the molecule is Cc1ccc(C)c(OCC(=O)NCCCC(C)CO)c1. The molecule has 0 aliphatic heterocycles. The summed E-state index contributed by atoms with van der Waals surface area (Å²) < 4.78 is 5.53. The number of nitrogens with one attached hydrogen (secondary N) is 1. The zero-order valence-electron chi connectivity index (χ0n) is 12.6. The van der Waals surface area contributed by atoms with Crippen molar-refractivity contribution in [2.75, 3.05) is 19.8 Å². The summed E-state index contributed by atoms with van der Waals surface area (Å²) in [6.45, 7) is 6.81. The van der Waals surface area contributed by atoms with Crippen LogP contribution in [0, 0.1) is 19.8 Å². The molecule has 0 saturated heterocycles. The second-order valence-electron chi connectivity index (χ2n) is 5.34. The molecule has 0 saturated carbocycles. The van der Waals surface area contributed by atoms with Crippen LogP contribution in [-0.4, -0.2) is 30.8 Å². The van der Waals surface area contributed by atoms with E-state index < -0.39 is 0 Å². The Morgan fingerprint density at radius 2 is 2.15 bits per heavy atom. The van der Waals surface area contributed by atoms with Gasteiger partial charge in [0, 0.05) is 13.2 Å². The number of hydrogen-bond donors (Lipinski definition) is 2. The average Bonchev–Trinajstić information content (AvgIpc) is 2.44. The fourth-order valence-electron chi connectivity index (χ4n) is 1.83. The summed E-state index contributed by atoms with van der Waals surface area (Å²) in [6.07, 6.45) is 1.78. The number of ether oxygens (including phenoxy) is 1. The number of aliphatic hydroxyl groups excluding tert-OH is 1. The van der Waals surface area contributed by atoms with Crippen LogP contribution in [0.3, 0.4) is 0 Å². The maximum absolute atomic E-state index is 11.6. The average molecular weight is 279 g/mol. The lowest BCUT2D eigenvalue weighted by atomic mass is 10.1. The first-order valence-corrected chi connectivity index (χ1v) is 7.10. The van der Waals surface area contributed by atoms with Crippen molar-refractivity contribution in [2.24, 2.45) is 5.92 Å². The molecule has 0 aromatic heterocycles. The largest absolute Gasteiger partial charge is 0.483 e. The van der Waals surface area contributed by atoms with Gasteiger partial charge >= 0.3 is 0 Å². The van der Waals surface area contributed by atoms with Gasteiger partial charge in [-0.2, -0.15) is 0 Å². The highest BCUT2D eigenvalue weighted by molar-refractivity contribution is 5.77. The normalized spacial score (nSPS) is 12.0. The van der Waals surface area contributed by atoms with Crippen molar-refractivity contribution in [2.45, 2.75) is 33.6 Å². The molecule has 0 spiro atoms. The van der Waals surface area contributed by atoms with Crippen molar-refractivity contribution in [3.63, 3.8) is 0 Å². The van der Waals surface area contributed by atoms with Gasteiger partial charge in [0.25, 0.3) is 5.91 Å². The Bertz CT molecular complexity index is 432. The van der Waals surface area contributed by atoms with Gasteiger partial charge in [-0.05, 0) is 49.8 Å². The molecule has 4 nitrogen and oxygen atoms in total. The Labute approximate surface area is 121 Å². The smallest absolute Gasteiger partial charge is 0.257 e. The third kappa shape index (κ3) is 6.06. The molecule has 0 fully saturated rings. The van der Waals surface area contributed by atoms with Crippen LogP contribution < -0.4 is 10.1 Å². The number of carbonyl (C=O) groups is 1. The lowest BCUT2D eigenvalue weighted by Gasteiger charge is -2.11. The van der Waals surface area contributed by atoms with Gasteiger partial charge in [-0.15, -0.1) is 0 Å². The number of aliphatic hydroxyl groups is 1. The zero-order valence-corrected chi connectivity index (χ0v) is 12.6. The molecule has 1 unspecified atom stereocenters. The van der Waals surface area contributed by atoms with E-state index >= 15 is 0 Å². The summed E-state index contributed by atoms with van der Waals surface area (Å²) in [4.78, 5) is 11.6. The second kappa shape index (κ2) is 8.59. The molecule has 1 amide bonds. The van der Waals surface area contributed by atoms with E-state index in [0.29, 0.717) is 6.54 Å². The Morgan fingerprint density at radius 3 is 2.85 bits per heavy atom. The first kappa shape index (κ1) is 16.5. The fraction of sp³-hybridized carbons (Fsp3) is 0.562. The summed E-state index contributed by atoms with van der Waals surface area (Å²) in [5.41, 5.74) is 2.14. The predicted octanol–water partition coefficient (Wildman–Crippen LogP) is 2.21. The Kier molecular flexibility index (Phi) is 7.09. The van der Waals surface area contributed by atoms with Crippen molar-refractivity contribution < 1.29 is 14.6 Å². The molecule has 1 atom stereocenters. The molecule has 1 rings (SSSR count). The van der Waals surface area contributed by atoms with Crippen LogP contribution in [0.1, 0.15) is 30.9 Å². The summed E-state index contributed by atoms with van der Waals surface area (Å²) in [6, 6.07) is 5.94. The first-order valence-electron chi connectivity index (χ1n) is 7.10. The van der Waals surface area contributed by atoms with Crippen molar-refractivity contribution >= 4 is 5.91 Å². The van der Waals surface area contributed by atoms with Crippen LogP contribution in [0.2, 0.25) is 0 Å². The van der Waals surface area contributed by atoms with E-state index in [0.717, 1.165) is 29.7 Å². The fourth-order valence-corrected chi connectivity index (χ4v) is 1.83. The minimum absolute atomic E-state index is 0.0415. The third-order valence-corrected chi connectivity index (χ3v) is 3.21. The van der Waals surface area contributed by atoms with Gasteiger partial charge in [-0.3, -0.25) is 4.79 Å². The van der Waals surface area contributed by atoms with Crippen molar-refractivity contribution in [3.05, 3.63) is 29.3 Å². The minimum atomic E-state index is -0.109. The Hall–Kier alpha value is -1.55. The first-order chi connectivity index (χ1) is 9.52. The zero-order chi connectivity index (χ0) is 15.0. The molecular weight excluding hydrogens is 254 g/mol. The number of amides is 1. The molecular formula is C16H25NO3. The van der Waals surface area contributed by atoms with Crippen LogP contribution in [0.15, 0.2) is 18.2 Å². The number of aryl methyl sites for hydroxylation is 2. The van der Waals surface area contributed by atoms with E-state index in [1.54, 1.807) is 0 Å². The van der Waals surface area contributed by atoms with E-state index in [4.69, 9.17) is 9.84 Å². The molecule has 112 valence electrons. The molecule has 2 N–H and O–H groups in total. The van der Waals surface area contributed by atoms with E-state index in [2.05, 4.69) is 5.32 Å². The maximum atomic E-state index is 11.6. The van der Waals surface area contributed by atoms with Gasteiger partial charge in [-0.1, -0.05) is 19.1 Å². The molecule has 0 radical (unpaired) electrons. The van der Waals surface area contributed by atoms with Crippen LogP contribution >= 0.6 is 0 Å². The predicted molar refractivity (Wildman–Crippen MR) is 79.9 cm³/mol. The van der Waals surface area contributed by atoms with Crippen LogP contribution in [-0.2, 0) is 4.79 Å². The number of benzene rings is 1. The highest BCUT2D eigenvalue weighted by atomic mass is 16.5. The molecule has 0 aliphatic rings.